The minimum absolute atomic E-state index is 0.00533. The Balaban J connectivity index is 2.02. The van der Waals surface area contributed by atoms with Gasteiger partial charge in [0.15, 0.2) is 0 Å². The molecule has 118 valence electrons. The van der Waals surface area contributed by atoms with Crippen LogP contribution in [-0.4, -0.2) is 22.1 Å². The summed E-state index contributed by atoms with van der Waals surface area (Å²) in [5.41, 5.74) is 4.88. The second-order valence-corrected chi connectivity index (χ2v) is 5.87. The molecule has 1 aliphatic heterocycles. The van der Waals surface area contributed by atoms with Crippen molar-refractivity contribution in [2.75, 3.05) is 6.54 Å². The van der Waals surface area contributed by atoms with Crippen LogP contribution >= 0.6 is 0 Å². The molecule has 0 saturated carbocycles. The summed E-state index contributed by atoms with van der Waals surface area (Å²) in [4.78, 5) is 12.1. The first-order chi connectivity index (χ1) is 11.7. The van der Waals surface area contributed by atoms with Gasteiger partial charge in [-0.3, -0.25) is 4.79 Å². The van der Waals surface area contributed by atoms with Gasteiger partial charge in [-0.2, -0.15) is 5.26 Å². The van der Waals surface area contributed by atoms with Crippen LogP contribution in [0.1, 0.15) is 21.6 Å². The van der Waals surface area contributed by atoms with E-state index in [9.17, 15) is 15.2 Å². The highest BCUT2D eigenvalue weighted by atomic mass is 16.3. The quantitative estimate of drug-likeness (QED) is 0.762. The molecule has 0 spiro atoms. The van der Waals surface area contributed by atoms with Gasteiger partial charge < -0.3 is 15.0 Å². The maximum atomic E-state index is 12.1. The lowest BCUT2D eigenvalue weighted by Crippen LogP contribution is -2.34. The van der Waals surface area contributed by atoms with Gasteiger partial charge in [0.1, 0.15) is 5.69 Å². The Morgan fingerprint density at radius 2 is 2.00 bits per heavy atom. The van der Waals surface area contributed by atoms with Gasteiger partial charge in [0, 0.05) is 24.0 Å². The van der Waals surface area contributed by atoms with E-state index in [1.54, 1.807) is 0 Å². The third-order valence-corrected chi connectivity index (χ3v) is 4.42. The van der Waals surface area contributed by atoms with Crippen molar-refractivity contribution in [3.63, 3.8) is 0 Å². The molecule has 0 radical (unpaired) electrons. The minimum atomic E-state index is -0.0856. The summed E-state index contributed by atoms with van der Waals surface area (Å²) in [6.07, 6.45) is 0. The van der Waals surface area contributed by atoms with Crippen LogP contribution in [0, 0.1) is 11.3 Å². The smallest absolute Gasteiger partial charge is 0.268 e. The molecule has 0 saturated heterocycles. The lowest BCUT2D eigenvalue weighted by molar-refractivity contribution is 0.0929. The Bertz CT molecular complexity index is 994. The predicted octanol–water partition coefficient (Wildman–Crippen LogP) is 2.42. The highest BCUT2D eigenvalue weighted by Gasteiger charge is 2.22. The number of aliphatic hydroxyl groups excluding tert-OH is 1. The van der Waals surface area contributed by atoms with Crippen LogP contribution in [0.3, 0.4) is 0 Å². The number of nitrogens with one attached hydrogen (secondary N) is 1. The molecule has 0 unspecified atom stereocenters. The topological polar surface area (TPSA) is 78.0 Å². The van der Waals surface area contributed by atoms with Gasteiger partial charge in [0.05, 0.1) is 23.8 Å². The van der Waals surface area contributed by atoms with Crippen molar-refractivity contribution >= 4 is 16.8 Å². The Morgan fingerprint density at radius 3 is 2.71 bits per heavy atom. The summed E-state index contributed by atoms with van der Waals surface area (Å²) in [7, 11) is 0. The van der Waals surface area contributed by atoms with Crippen molar-refractivity contribution in [2.24, 2.45) is 0 Å². The lowest BCUT2D eigenvalue weighted by Gasteiger charge is -2.18. The first-order valence-corrected chi connectivity index (χ1v) is 7.77. The number of nitrogens with zero attached hydrogens (tertiary/aromatic N) is 2. The molecule has 2 N–H and O–H groups in total. The van der Waals surface area contributed by atoms with E-state index >= 15 is 0 Å². The van der Waals surface area contributed by atoms with Crippen molar-refractivity contribution in [1.82, 2.24) is 9.88 Å². The number of carbonyl (C=O) groups is 1. The van der Waals surface area contributed by atoms with Crippen LogP contribution in [-0.2, 0) is 13.2 Å². The van der Waals surface area contributed by atoms with Gasteiger partial charge in [0.25, 0.3) is 5.91 Å². The molecule has 0 bridgehead atoms. The summed E-state index contributed by atoms with van der Waals surface area (Å²) in [5.74, 6) is -0.0856. The third-order valence-electron chi connectivity index (χ3n) is 4.42. The highest BCUT2D eigenvalue weighted by Crippen LogP contribution is 2.33. The van der Waals surface area contributed by atoms with Crippen LogP contribution in [0.25, 0.3) is 22.0 Å². The molecule has 2 heterocycles. The predicted molar refractivity (Wildman–Crippen MR) is 90.3 cm³/mol. The molecule has 5 nitrogen and oxygen atoms in total. The summed E-state index contributed by atoms with van der Waals surface area (Å²) in [6.45, 7) is 1.30. The molecule has 24 heavy (non-hydrogen) atoms. The van der Waals surface area contributed by atoms with E-state index < -0.39 is 0 Å². The molecule has 0 atom stereocenters. The van der Waals surface area contributed by atoms with Gasteiger partial charge in [-0.25, -0.2) is 0 Å². The number of hydrogen-bond acceptors (Lipinski definition) is 3. The second kappa shape index (κ2) is 5.52. The summed E-state index contributed by atoms with van der Waals surface area (Å²) < 4.78 is 2.02. The zero-order valence-electron chi connectivity index (χ0n) is 12.9. The molecule has 1 aliphatic rings. The molecule has 0 aliphatic carbocycles. The fourth-order valence-electron chi connectivity index (χ4n) is 3.28. The van der Waals surface area contributed by atoms with E-state index in [2.05, 4.69) is 11.4 Å². The average Bonchev–Trinajstić information content (AvgIpc) is 3.01. The van der Waals surface area contributed by atoms with Crippen LogP contribution < -0.4 is 5.32 Å². The van der Waals surface area contributed by atoms with E-state index in [-0.39, 0.29) is 12.5 Å². The number of benzene rings is 2. The van der Waals surface area contributed by atoms with Crippen LogP contribution in [0.2, 0.25) is 0 Å². The van der Waals surface area contributed by atoms with Crippen molar-refractivity contribution < 1.29 is 9.90 Å². The van der Waals surface area contributed by atoms with Gasteiger partial charge >= 0.3 is 0 Å². The van der Waals surface area contributed by atoms with Crippen LogP contribution in [0.15, 0.2) is 42.5 Å². The zero-order valence-corrected chi connectivity index (χ0v) is 12.9. The zero-order chi connectivity index (χ0) is 16.7. The first kappa shape index (κ1) is 14.5. The summed E-state index contributed by atoms with van der Waals surface area (Å²) in [5, 5.41) is 22.3. The molecule has 1 amide bonds. The standard InChI is InChI=1S/C19H15N3O2/c20-10-13-7-15-9-17-19(24)21-5-6-22(17)18(15)16(8-13)14-3-1-12(11-23)2-4-14/h1-4,7-9,23H,5-6,11H2,(H,21,24). The second-order valence-electron chi connectivity index (χ2n) is 5.87. The number of nitriles is 1. The fourth-order valence-corrected chi connectivity index (χ4v) is 3.28. The minimum Gasteiger partial charge on any atom is -0.392 e. The van der Waals surface area contributed by atoms with Crippen molar-refractivity contribution in [3.8, 4) is 17.2 Å². The largest absolute Gasteiger partial charge is 0.392 e. The Hall–Kier alpha value is -3.10. The van der Waals surface area contributed by atoms with E-state index in [0.717, 1.165) is 27.6 Å². The Morgan fingerprint density at radius 1 is 1.21 bits per heavy atom. The molecule has 1 aromatic heterocycles. The molecule has 4 rings (SSSR count). The summed E-state index contributed by atoms with van der Waals surface area (Å²) in [6, 6.07) is 15.3. The Kier molecular flexibility index (Phi) is 3.33. The maximum absolute atomic E-state index is 12.1. The van der Waals surface area contributed by atoms with E-state index in [0.29, 0.717) is 24.3 Å². The van der Waals surface area contributed by atoms with Gasteiger partial charge in [-0.05, 0) is 29.3 Å². The number of rotatable bonds is 2. The molecule has 2 aromatic carbocycles. The molecular weight excluding hydrogens is 302 g/mol. The molecular formula is C19H15N3O2. The normalized spacial score (nSPS) is 13.4. The van der Waals surface area contributed by atoms with Gasteiger partial charge in [0.2, 0.25) is 0 Å². The van der Waals surface area contributed by atoms with Gasteiger partial charge in [-0.15, -0.1) is 0 Å². The number of carbonyl (C=O) groups excluding carboxylic acids is 1. The maximum Gasteiger partial charge on any atom is 0.268 e. The first-order valence-electron chi connectivity index (χ1n) is 7.77. The van der Waals surface area contributed by atoms with Crippen LogP contribution in [0.5, 0.6) is 0 Å². The number of aromatic nitrogens is 1. The fraction of sp³-hybridized carbons (Fsp3) is 0.158. The average molecular weight is 317 g/mol. The van der Waals surface area contributed by atoms with Crippen LogP contribution in [0.4, 0.5) is 0 Å². The van der Waals surface area contributed by atoms with Crippen molar-refractivity contribution in [1.29, 1.82) is 5.26 Å². The third kappa shape index (κ3) is 2.16. The van der Waals surface area contributed by atoms with E-state index in [1.807, 2.05) is 47.0 Å². The van der Waals surface area contributed by atoms with Gasteiger partial charge in [-0.1, -0.05) is 24.3 Å². The SMILES string of the molecule is N#Cc1cc(-c2ccc(CO)cc2)c2c(c1)cc1n2CCNC1=O. The molecule has 3 aromatic rings. The Labute approximate surface area is 138 Å². The highest BCUT2D eigenvalue weighted by molar-refractivity contribution is 6.04. The van der Waals surface area contributed by atoms with Crippen molar-refractivity contribution in [3.05, 3.63) is 59.3 Å². The number of aliphatic hydroxyl groups is 1. The molecule has 0 fully saturated rings. The monoisotopic (exact) mass is 317 g/mol. The number of amides is 1. The number of hydrogen-bond donors (Lipinski definition) is 2. The van der Waals surface area contributed by atoms with E-state index in [1.165, 1.54) is 0 Å². The number of fused-ring (bicyclic) bond motifs is 3. The summed E-state index contributed by atoms with van der Waals surface area (Å²) >= 11 is 0. The van der Waals surface area contributed by atoms with Crippen molar-refractivity contribution in [2.45, 2.75) is 13.2 Å². The molecule has 5 heteroatoms. The lowest BCUT2D eigenvalue weighted by atomic mass is 9.99. The van der Waals surface area contributed by atoms with E-state index in [4.69, 9.17) is 0 Å².